The molecule has 0 bridgehead atoms. The van der Waals surface area contributed by atoms with Gasteiger partial charge in [-0.2, -0.15) is 33.7 Å². The average molecular weight is 1010 g/mol. The fraction of sp³-hybridized carbons (Fsp3) is 0.0638. The Balaban J connectivity index is 0.977. The van der Waals surface area contributed by atoms with Crippen LogP contribution in [-0.2, 0) is 45.9 Å². The van der Waals surface area contributed by atoms with Crippen LogP contribution >= 0.6 is 0 Å². The molecule has 0 amide bonds. The van der Waals surface area contributed by atoms with Crippen molar-refractivity contribution in [1.82, 2.24) is 0 Å². The van der Waals surface area contributed by atoms with Crippen LogP contribution in [0.1, 0.15) is 25.0 Å². The Morgan fingerprint density at radius 1 is 0.406 bits per heavy atom. The lowest BCUT2D eigenvalue weighted by molar-refractivity contribution is 0.482. The molecule has 6 N–H and O–H groups in total. The van der Waals surface area contributed by atoms with Crippen LogP contribution in [0, 0.1) is 0 Å². The zero-order valence-corrected chi connectivity index (χ0v) is 39.3. The normalized spacial score (nSPS) is 12.8. The van der Waals surface area contributed by atoms with Crippen LogP contribution in [0.5, 0.6) is 11.5 Å². The quantitative estimate of drug-likeness (QED) is 0.0341. The van der Waals surface area contributed by atoms with Crippen LogP contribution < -0.4 is 19.8 Å². The van der Waals surface area contributed by atoms with E-state index in [2.05, 4.69) is 20.5 Å². The number of hydrogen-bond acceptors (Lipinski definition) is 16. The van der Waals surface area contributed by atoms with Gasteiger partial charge >= 0.3 is 20.2 Å². The van der Waals surface area contributed by atoms with Crippen molar-refractivity contribution in [2.75, 3.05) is 11.5 Å². The van der Waals surface area contributed by atoms with E-state index in [0.717, 1.165) is 11.1 Å². The van der Waals surface area contributed by atoms with Crippen molar-refractivity contribution in [3.05, 3.63) is 169 Å². The van der Waals surface area contributed by atoms with Crippen LogP contribution in [0.3, 0.4) is 0 Å². The fourth-order valence-electron chi connectivity index (χ4n) is 7.41. The van der Waals surface area contributed by atoms with Gasteiger partial charge in [-0.05, 0) is 83.9 Å². The van der Waals surface area contributed by atoms with Crippen LogP contribution in [0.4, 0.5) is 34.1 Å². The second kappa shape index (κ2) is 18.1. The molecule has 352 valence electrons. The van der Waals surface area contributed by atoms with E-state index < -0.39 is 45.9 Å². The first-order valence-electron chi connectivity index (χ1n) is 20.2. The number of nitrogen functional groups attached to an aromatic ring is 2. The van der Waals surface area contributed by atoms with Gasteiger partial charge in [0.05, 0.1) is 11.4 Å². The summed E-state index contributed by atoms with van der Waals surface area (Å²) in [6.45, 7) is 3.82. The maximum atomic E-state index is 13.7. The molecule has 0 saturated heterocycles. The van der Waals surface area contributed by atoms with Gasteiger partial charge in [0.25, 0.3) is 20.2 Å². The zero-order valence-electron chi connectivity index (χ0n) is 36.1. The van der Waals surface area contributed by atoms with E-state index in [1.807, 2.05) is 13.8 Å². The van der Waals surface area contributed by atoms with Crippen LogP contribution in [-0.4, -0.2) is 42.8 Å². The predicted molar refractivity (Wildman–Crippen MR) is 258 cm³/mol. The Hall–Kier alpha value is -7.60. The summed E-state index contributed by atoms with van der Waals surface area (Å²) >= 11 is 0. The van der Waals surface area contributed by atoms with Crippen molar-refractivity contribution >= 4 is 96.1 Å². The molecule has 0 radical (unpaired) electrons. The SMILES string of the molecule is CC(C)(c1ccc(OS(=O)(=O)c2ccccc2N=Nc2c(N)ccc3c(S(=O)(=O)O)cccc23)cc1)c1ccc(OS(=O)(=O)c2ccccc2/N=N/c2c(N)ccc3c(S(=O)(=O)O)cccc23)cc1. The molecule has 69 heavy (non-hydrogen) atoms. The largest absolute Gasteiger partial charge is 0.397 e. The van der Waals surface area contributed by atoms with Gasteiger partial charge in [-0.3, -0.25) is 9.11 Å². The van der Waals surface area contributed by atoms with Crippen LogP contribution in [0.2, 0.25) is 0 Å². The van der Waals surface area contributed by atoms with E-state index in [1.54, 1.807) is 36.4 Å². The molecule has 0 unspecified atom stereocenters. The summed E-state index contributed by atoms with van der Waals surface area (Å²) in [6, 6.07) is 37.9. The fourth-order valence-corrected chi connectivity index (χ4v) is 10.9. The Morgan fingerprint density at radius 3 is 1.12 bits per heavy atom. The summed E-state index contributed by atoms with van der Waals surface area (Å²) in [5.41, 5.74) is 13.2. The van der Waals surface area contributed by atoms with E-state index in [9.17, 15) is 42.8 Å². The minimum Gasteiger partial charge on any atom is -0.397 e. The van der Waals surface area contributed by atoms with Crippen molar-refractivity contribution in [3.63, 3.8) is 0 Å². The lowest BCUT2D eigenvalue weighted by Gasteiger charge is -2.26. The molecule has 0 aromatic heterocycles. The van der Waals surface area contributed by atoms with E-state index >= 15 is 0 Å². The monoisotopic (exact) mass is 1010 g/mol. The smallest absolute Gasteiger partial charge is 0.341 e. The van der Waals surface area contributed by atoms with Crippen molar-refractivity contribution in [1.29, 1.82) is 0 Å². The van der Waals surface area contributed by atoms with Crippen molar-refractivity contribution < 1.29 is 51.1 Å². The lowest BCUT2D eigenvalue weighted by atomic mass is 9.78. The Bertz CT molecular complexity index is 3620. The Labute approximate surface area is 396 Å². The van der Waals surface area contributed by atoms with Crippen LogP contribution in [0.25, 0.3) is 21.5 Å². The highest BCUT2D eigenvalue weighted by atomic mass is 32.2. The van der Waals surface area contributed by atoms with Gasteiger partial charge in [0.1, 0.15) is 53.8 Å². The minimum absolute atomic E-state index is 0.0158. The highest BCUT2D eigenvalue weighted by Crippen LogP contribution is 2.40. The lowest BCUT2D eigenvalue weighted by Crippen LogP contribution is -2.19. The molecule has 8 aromatic carbocycles. The summed E-state index contributed by atoms with van der Waals surface area (Å²) in [5, 5.41) is 17.4. The number of fused-ring (bicyclic) bond motifs is 2. The number of benzene rings is 8. The van der Waals surface area contributed by atoms with Gasteiger partial charge in [0, 0.05) is 27.0 Å². The number of nitrogens with zero attached hydrogens (tertiary/aromatic N) is 4. The van der Waals surface area contributed by atoms with Crippen molar-refractivity contribution in [2.45, 2.75) is 38.8 Å². The number of rotatable bonds is 14. The van der Waals surface area contributed by atoms with E-state index in [-0.39, 0.29) is 86.8 Å². The predicted octanol–water partition coefficient (Wildman–Crippen LogP) is 10.3. The molecule has 0 spiro atoms. The Morgan fingerprint density at radius 2 is 0.754 bits per heavy atom. The second-order valence-corrected chi connectivity index (χ2v) is 21.6. The minimum atomic E-state index is -4.59. The van der Waals surface area contributed by atoms with Gasteiger partial charge in [-0.1, -0.05) is 98.8 Å². The summed E-state index contributed by atoms with van der Waals surface area (Å²) in [6.07, 6.45) is 0. The molecule has 0 aliphatic heterocycles. The molecule has 0 saturated carbocycles. The highest BCUT2D eigenvalue weighted by Gasteiger charge is 2.27. The van der Waals surface area contributed by atoms with Gasteiger partial charge in [-0.15, -0.1) is 20.5 Å². The van der Waals surface area contributed by atoms with Gasteiger partial charge in [0.2, 0.25) is 0 Å². The summed E-state index contributed by atoms with van der Waals surface area (Å²) in [5.74, 6) is -0.0315. The number of azo groups is 2. The molecular formula is C47H38N6O12S4. The molecule has 0 heterocycles. The number of anilines is 2. The van der Waals surface area contributed by atoms with Crippen molar-refractivity contribution in [2.24, 2.45) is 20.5 Å². The van der Waals surface area contributed by atoms with E-state index in [1.165, 1.54) is 121 Å². The van der Waals surface area contributed by atoms with Crippen LogP contribution in [0.15, 0.2) is 198 Å². The first-order valence-corrected chi connectivity index (χ1v) is 25.9. The second-order valence-electron chi connectivity index (χ2n) is 15.7. The molecule has 0 aliphatic carbocycles. The first kappa shape index (κ1) is 47.9. The van der Waals surface area contributed by atoms with Gasteiger partial charge in [0.15, 0.2) is 0 Å². The molecular weight excluding hydrogens is 969 g/mol. The summed E-state index contributed by atoms with van der Waals surface area (Å²) < 4.78 is 133. The third kappa shape index (κ3) is 9.88. The molecule has 0 aliphatic rings. The highest BCUT2D eigenvalue weighted by molar-refractivity contribution is 7.87. The van der Waals surface area contributed by atoms with E-state index in [4.69, 9.17) is 19.8 Å². The summed E-state index contributed by atoms with van der Waals surface area (Å²) in [4.78, 5) is -1.37. The molecule has 0 fully saturated rings. The van der Waals surface area contributed by atoms with Gasteiger partial charge in [-0.25, -0.2) is 0 Å². The third-order valence-electron chi connectivity index (χ3n) is 11.0. The summed E-state index contributed by atoms with van der Waals surface area (Å²) in [7, 11) is -18.2. The molecule has 18 nitrogen and oxygen atoms in total. The average Bonchev–Trinajstić information content (AvgIpc) is 3.30. The van der Waals surface area contributed by atoms with Crippen molar-refractivity contribution in [3.8, 4) is 11.5 Å². The third-order valence-corrected chi connectivity index (χ3v) is 15.4. The Kier molecular flexibility index (Phi) is 12.6. The maximum Gasteiger partial charge on any atom is 0.341 e. The molecule has 8 aromatic rings. The standard InChI is InChI=1S/C47H38N6O12S4/c1-47(2,29-17-21-31(22-18-29)64-68(60,61)43-13-5-3-11-39(43)50-52-45-35-9-7-15-41(66(54,55)56)33(35)25-27-37(45)48)30-19-23-32(24-20-30)65-69(62,63)44-14-6-4-12-40(44)51-53-46-36-10-8-16-42(67(57,58)59)34(36)26-28-38(46)49/h3-28H,48-49H2,1-2H3,(H,54,55,56)(H,57,58,59)/b52-50+,53-51?. The number of nitrogens with two attached hydrogens (primary N) is 2. The molecule has 8 rings (SSSR count). The number of hydrogen-bond donors (Lipinski definition) is 4. The molecule has 22 heteroatoms. The zero-order chi connectivity index (χ0) is 49.5. The van der Waals surface area contributed by atoms with E-state index in [0.29, 0.717) is 0 Å². The maximum absolute atomic E-state index is 13.7. The molecule has 0 atom stereocenters. The first-order chi connectivity index (χ1) is 32.5. The topological polar surface area (TPSA) is 297 Å². The van der Waals surface area contributed by atoms with Gasteiger partial charge < -0.3 is 19.8 Å².